The number of amides is 1. The molecule has 20 heavy (non-hydrogen) atoms. The Hall–Kier alpha value is -1.94. The maximum absolute atomic E-state index is 11.8. The van der Waals surface area contributed by atoms with Crippen LogP contribution in [0.5, 0.6) is 5.75 Å². The summed E-state index contributed by atoms with van der Waals surface area (Å²) < 4.78 is 11.0. The minimum Gasteiger partial charge on any atom is -0.484 e. The van der Waals surface area contributed by atoms with E-state index >= 15 is 0 Å². The van der Waals surface area contributed by atoms with Crippen molar-refractivity contribution in [3.63, 3.8) is 0 Å². The van der Waals surface area contributed by atoms with Gasteiger partial charge in [0, 0.05) is 6.04 Å². The number of hydrogen-bond acceptors (Lipinski definition) is 3. The lowest BCUT2D eigenvalue weighted by Gasteiger charge is -2.05. The Morgan fingerprint density at radius 1 is 1.30 bits per heavy atom. The molecule has 1 aliphatic carbocycles. The summed E-state index contributed by atoms with van der Waals surface area (Å²) in [6, 6.07) is 10.9. The lowest BCUT2D eigenvalue weighted by molar-refractivity contribution is 0.0919. The second-order valence-corrected chi connectivity index (χ2v) is 5.14. The Kier molecular flexibility index (Phi) is 3.65. The van der Waals surface area contributed by atoms with Crippen molar-refractivity contribution in [2.45, 2.75) is 25.5 Å². The highest BCUT2D eigenvalue weighted by molar-refractivity contribution is 6.32. The third-order valence-corrected chi connectivity index (χ3v) is 3.32. The van der Waals surface area contributed by atoms with Gasteiger partial charge in [0.2, 0.25) is 0 Å². The lowest BCUT2D eigenvalue weighted by atomic mass is 10.3. The van der Waals surface area contributed by atoms with E-state index in [0.717, 1.165) is 12.8 Å². The van der Waals surface area contributed by atoms with Gasteiger partial charge < -0.3 is 14.5 Å². The van der Waals surface area contributed by atoms with Crippen LogP contribution in [-0.4, -0.2) is 11.9 Å². The van der Waals surface area contributed by atoms with Gasteiger partial charge in [-0.25, -0.2) is 0 Å². The first-order valence-corrected chi connectivity index (χ1v) is 6.87. The van der Waals surface area contributed by atoms with Crippen molar-refractivity contribution in [3.8, 4) is 5.75 Å². The van der Waals surface area contributed by atoms with Crippen molar-refractivity contribution >= 4 is 17.5 Å². The summed E-state index contributed by atoms with van der Waals surface area (Å²) in [7, 11) is 0. The van der Waals surface area contributed by atoms with E-state index in [9.17, 15) is 4.79 Å². The Morgan fingerprint density at radius 2 is 2.10 bits per heavy atom. The second kappa shape index (κ2) is 5.59. The number of carbonyl (C=O) groups is 1. The van der Waals surface area contributed by atoms with E-state index in [1.54, 1.807) is 24.3 Å². The quantitative estimate of drug-likeness (QED) is 0.918. The molecule has 5 heteroatoms. The Labute approximate surface area is 121 Å². The van der Waals surface area contributed by atoms with Gasteiger partial charge >= 0.3 is 0 Å². The van der Waals surface area contributed by atoms with Crippen LogP contribution in [0.25, 0.3) is 0 Å². The van der Waals surface area contributed by atoms with E-state index in [-0.39, 0.29) is 12.5 Å². The predicted molar refractivity (Wildman–Crippen MR) is 75.0 cm³/mol. The number of ether oxygens (including phenoxy) is 1. The Bertz CT molecular complexity index is 619. The molecule has 104 valence electrons. The summed E-state index contributed by atoms with van der Waals surface area (Å²) in [5.74, 6) is 1.33. The smallest absolute Gasteiger partial charge is 0.287 e. The van der Waals surface area contributed by atoms with Gasteiger partial charge in [0.1, 0.15) is 18.1 Å². The van der Waals surface area contributed by atoms with Gasteiger partial charge in [0.15, 0.2) is 5.76 Å². The number of halogens is 1. The van der Waals surface area contributed by atoms with Crippen molar-refractivity contribution in [2.24, 2.45) is 0 Å². The molecule has 0 bridgehead atoms. The number of nitrogens with one attached hydrogen (secondary N) is 1. The zero-order valence-corrected chi connectivity index (χ0v) is 11.5. The number of rotatable bonds is 5. The third kappa shape index (κ3) is 3.14. The van der Waals surface area contributed by atoms with E-state index in [0.29, 0.717) is 28.3 Å². The average molecular weight is 292 g/mol. The van der Waals surface area contributed by atoms with Crippen LogP contribution in [0.1, 0.15) is 29.2 Å². The summed E-state index contributed by atoms with van der Waals surface area (Å²) in [4.78, 5) is 11.8. The molecule has 0 spiro atoms. The molecule has 4 nitrogen and oxygen atoms in total. The minimum atomic E-state index is -0.170. The fraction of sp³-hybridized carbons (Fsp3) is 0.267. The van der Waals surface area contributed by atoms with Crippen molar-refractivity contribution in [2.75, 3.05) is 0 Å². The molecule has 0 radical (unpaired) electrons. The van der Waals surface area contributed by atoms with Crippen LogP contribution in [-0.2, 0) is 6.61 Å². The number of carbonyl (C=O) groups excluding carboxylic acids is 1. The number of hydrogen-bond donors (Lipinski definition) is 1. The van der Waals surface area contributed by atoms with Crippen LogP contribution >= 0.6 is 11.6 Å². The van der Waals surface area contributed by atoms with E-state index in [2.05, 4.69) is 5.32 Å². The highest BCUT2D eigenvalue weighted by Gasteiger charge is 2.25. The molecule has 0 unspecified atom stereocenters. The highest BCUT2D eigenvalue weighted by atomic mass is 35.5. The number of benzene rings is 1. The van der Waals surface area contributed by atoms with Crippen LogP contribution in [0.2, 0.25) is 5.02 Å². The van der Waals surface area contributed by atoms with Crippen molar-refractivity contribution in [1.82, 2.24) is 5.32 Å². The average Bonchev–Trinajstić information content (AvgIpc) is 3.13. The van der Waals surface area contributed by atoms with Crippen LogP contribution in [0.15, 0.2) is 40.8 Å². The maximum Gasteiger partial charge on any atom is 0.287 e. The van der Waals surface area contributed by atoms with Gasteiger partial charge in [0.05, 0.1) is 5.02 Å². The maximum atomic E-state index is 11.8. The van der Waals surface area contributed by atoms with Gasteiger partial charge in [-0.15, -0.1) is 0 Å². The fourth-order valence-electron chi connectivity index (χ4n) is 1.77. The van der Waals surface area contributed by atoms with Crippen LogP contribution < -0.4 is 10.1 Å². The first kappa shape index (κ1) is 13.1. The van der Waals surface area contributed by atoms with Crippen molar-refractivity contribution < 1.29 is 13.9 Å². The molecule has 3 rings (SSSR count). The molecule has 0 atom stereocenters. The number of furan rings is 1. The first-order valence-electron chi connectivity index (χ1n) is 6.49. The molecule has 0 aliphatic heterocycles. The van der Waals surface area contributed by atoms with E-state index in [4.69, 9.17) is 20.8 Å². The molecular formula is C15H14ClNO3. The number of para-hydroxylation sites is 1. The third-order valence-electron chi connectivity index (χ3n) is 3.00. The predicted octanol–water partition coefficient (Wildman–Crippen LogP) is 3.40. The molecule has 1 aromatic carbocycles. The van der Waals surface area contributed by atoms with Gasteiger partial charge in [-0.1, -0.05) is 23.7 Å². The molecule has 1 N–H and O–H groups in total. The zero-order chi connectivity index (χ0) is 13.9. The van der Waals surface area contributed by atoms with Gasteiger partial charge in [-0.2, -0.15) is 0 Å². The van der Waals surface area contributed by atoms with Crippen LogP contribution in [0.3, 0.4) is 0 Å². The molecular weight excluding hydrogens is 278 g/mol. The molecule has 1 fully saturated rings. The lowest BCUT2D eigenvalue weighted by Crippen LogP contribution is -2.24. The standard InChI is InChI=1S/C15H14ClNO3/c16-12-3-1-2-4-13(12)19-9-11-7-8-14(20-11)15(18)17-10-5-6-10/h1-4,7-8,10H,5-6,9H2,(H,17,18). The van der Waals surface area contributed by atoms with E-state index in [1.165, 1.54) is 0 Å². The summed E-state index contributed by atoms with van der Waals surface area (Å²) in [5, 5.41) is 3.42. The molecule has 1 aromatic heterocycles. The monoisotopic (exact) mass is 291 g/mol. The largest absolute Gasteiger partial charge is 0.484 e. The molecule has 1 saturated carbocycles. The minimum absolute atomic E-state index is 0.170. The van der Waals surface area contributed by atoms with Crippen LogP contribution in [0.4, 0.5) is 0 Å². The molecule has 2 aromatic rings. The van der Waals surface area contributed by atoms with E-state index < -0.39 is 0 Å². The summed E-state index contributed by atoms with van der Waals surface area (Å²) in [5.41, 5.74) is 0. The molecule has 1 amide bonds. The second-order valence-electron chi connectivity index (χ2n) is 4.73. The van der Waals surface area contributed by atoms with E-state index in [1.807, 2.05) is 12.1 Å². The fourth-order valence-corrected chi connectivity index (χ4v) is 1.96. The SMILES string of the molecule is O=C(NC1CC1)c1ccc(COc2ccccc2Cl)o1. The summed E-state index contributed by atoms with van der Waals surface area (Å²) in [6.07, 6.45) is 2.10. The van der Waals surface area contributed by atoms with Crippen molar-refractivity contribution in [1.29, 1.82) is 0 Å². The molecule has 1 aliphatic rings. The van der Waals surface area contributed by atoms with Crippen LogP contribution in [0, 0.1) is 0 Å². The normalized spacial score (nSPS) is 14.1. The Morgan fingerprint density at radius 3 is 2.85 bits per heavy atom. The topological polar surface area (TPSA) is 51.5 Å². The molecule has 0 saturated heterocycles. The zero-order valence-electron chi connectivity index (χ0n) is 10.8. The Balaban J connectivity index is 1.59. The first-order chi connectivity index (χ1) is 9.72. The van der Waals surface area contributed by atoms with Gasteiger partial charge in [-0.3, -0.25) is 4.79 Å². The summed E-state index contributed by atoms with van der Waals surface area (Å²) in [6.45, 7) is 0.237. The molecule has 1 heterocycles. The summed E-state index contributed by atoms with van der Waals surface area (Å²) >= 11 is 5.99. The highest BCUT2D eigenvalue weighted by Crippen LogP contribution is 2.24. The van der Waals surface area contributed by atoms with Crippen molar-refractivity contribution in [3.05, 3.63) is 52.9 Å². The van der Waals surface area contributed by atoms with Gasteiger partial charge in [-0.05, 0) is 37.1 Å². The van der Waals surface area contributed by atoms with Gasteiger partial charge in [0.25, 0.3) is 5.91 Å².